The van der Waals surface area contributed by atoms with Gasteiger partial charge < -0.3 is 15.4 Å². The van der Waals surface area contributed by atoms with Crippen molar-refractivity contribution in [1.29, 1.82) is 0 Å². The summed E-state index contributed by atoms with van der Waals surface area (Å²) in [6.07, 6.45) is 0.814. The Balaban J connectivity index is 1.66. The number of esters is 1. The molecule has 2 amide bonds. The highest BCUT2D eigenvalue weighted by Gasteiger charge is 2.40. The standard InChI is InChI=1S/C15H17BrN2O4/c1-9-6-10(9)15(21)22-8-14(20)17-7-13(19)18-12-5-3-2-4-11(12)16/h2-5,9-10H,6-8H2,1H3,(H,17,20)(H,18,19)/t9-,10-/m0/s1. The molecule has 1 aromatic carbocycles. The summed E-state index contributed by atoms with van der Waals surface area (Å²) >= 11 is 3.31. The number of para-hydroxylation sites is 1. The molecule has 7 heteroatoms. The van der Waals surface area contributed by atoms with Crippen LogP contribution in [0.15, 0.2) is 28.7 Å². The molecule has 1 aliphatic carbocycles. The molecule has 0 aliphatic heterocycles. The highest BCUT2D eigenvalue weighted by Crippen LogP contribution is 2.38. The number of rotatable bonds is 6. The lowest BCUT2D eigenvalue weighted by molar-refractivity contribution is -0.150. The van der Waals surface area contributed by atoms with E-state index in [1.807, 2.05) is 13.0 Å². The number of benzene rings is 1. The Bertz CT molecular complexity index is 591. The molecule has 2 N–H and O–H groups in total. The van der Waals surface area contributed by atoms with Gasteiger partial charge in [0.2, 0.25) is 5.91 Å². The van der Waals surface area contributed by atoms with Crippen LogP contribution in [0.25, 0.3) is 0 Å². The van der Waals surface area contributed by atoms with Crippen LogP contribution in [-0.2, 0) is 19.1 Å². The third kappa shape index (κ3) is 4.84. The van der Waals surface area contributed by atoms with E-state index in [-0.39, 0.29) is 30.9 Å². The lowest BCUT2D eigenvalue weighted by Gasteiger charge is -2.08. The van der Waals surface area contributed by atoms with Gasteiger partial charge in [0.1, 0.15) is 0 Å². The molecule has 1 fully saturated rings. The smallest absolute Gasteiger partial charge is 0.309 e. The number of carbonyl (C=O) groups is 3. The number of nitrogens with one attached hydrogen (secondary N) is 2. The van der Waals surface area contributed by atoms with Crippen molar-refractivity contribution in [1.82, 2.24) is 5.32 Å². The van der Waals surface area contributed by atoms with Crippen LogP contribution in [0.1, 0.15) is 13.3 Å². The number of halogens is 1. The van der Waals surface area contributed by atoms with Crippen molar-refractivity contribution in [3.63, 3.8) is 0 Å². The van der Waals surface area contributed by atoms with E-state index in [0.29, 0.717) is 11.6 Å². The molecule has 0 unspecified atom stereocenters. The summed E-state index contributed by atoms with van der Waals surface area (Å²) in [6, 6.07) is 7.16. The Kier molecular flexibility index (Phi) is 5.54. The van der Waals surface area contributed by atoms with Crippen molar-refractivity contribution in [3.8, 4) is 0 Å². The second kappa shape index (κ2) is 7.40. The first-order chi connectivity index (χ1) is 10.5. The average Bonchev–Trinajstić information content (AvgIpc) is 3.22. The van der Waals surface area contributed by atoms with Crippen molar-refractivity contribution in [2.24, 2.45) is 11.8 Å². The molecule has 22 heavy (non-hydrogen) atoms. The van der Waals surface area contributed by atoms with Crippen molar-refractivity contribution in [2.75, 3.05) is 18.5 Å². The maximum absolute atomic E-state index is 11.7. The fourth-order valence-corrected chi connectivity index (χ4v) is 2.26. The number of anilines is 1. The largest absolute Gasteiger partial charge is 0.455 e. The van der Waals surface area contributed by atoms with E-state index in [0.717, 1.165) is 10.9 Å². The first-order valence-electron chi connectivity index (χ1n) is 6.95. The monoisotopic (exact) mass is 368 g/mol. The van der Waals surface area contributed by atoms with Crippen LogP contribution < -0.4 is 10.6 Å². The Morgan fingerprint density at radius 2 is 1.95 bits per heavy atom. The molecular formula is C15H17BrN2O4. The molecule has 1 aliphatic rings. The number of ether oxygens (including phenoxy) is 1. The van der Waals surface area contributed by atoms with Crippen LogP contribution in [0.3, 0.4) is 0 Å². The van der Waals surface area contributed by atoms with Crippen molar-refractivity contribution in [3.05, 3.63) is 28.7 Å². The second-order valence-electron chi connectivity index (χ2n) is 5.23. The van der Waals surface area contributed by atoms with Crippen LogP contribution in [0.5, 0.6) is 0 Å². The van der Waals surface area contributed by atoms with Crippen LogP contribution in [0.4, 0.5) is 5.69 Å². The predicted molar refractivity (Wildman–Crippen MR) is 84.0 cm³/mol. The molecule has 0 aromatic heterocycles. The van der Waals surface area contributed by atoms with Crippen LogP contribution >= 0.6 is 15.9 Å². The minimum Gasteiger partial charge on any atom is -0.455 e. The molecule has 0 radical (unpaired) electrons. The highest BCUT2D eigenvalue weighted by atomic mass is 79.9. The third-order valence-electron chi connectivity index (χ3n) is 3.35. The van der Waals surface area contributed by atoms with Gasteiger partial charge in [-0.25, -0.2) is 0 Å². The van der Waals surface area contributed by atoms with E-state index in [1.54, 1.807) is 18.2 Å². The summed E-state index contributed by atoms with van der Waals surface area (Å²) in [5.74, 6) is -0.941. The Morgan fingerprint density at radius 1 is 1.27 bits per heavy atom. The Labute approximate surface area is 136 Å². The number of hydrogen-bond acceptors (Lipinski definition) is 4. The van der Waals surface area contributed by atoms with Crippen LogP contribution in [0.2, 0.25) is 0 Å². The van der Waals surface area contributed by atoms with E-state index < -0.39 is 5.91 Å². The molecule has 1 saturated carbocycles. The fourth-order valence-electron chi connectivity index (χ4n) is 1.88. The quantitative estimate of drug-likeness (QED) is 0.748. The van der Waals surface area contributed by atoms with Gasteiger partial charge in [-0.15, -0.1) is 0 Å². The first kappa shape index (κ1) is 16.5. The molecule has 2 rings (SSSR count). The van der Waals surface area contributed by atoms with Gasteiger partial charge in [-0.2, -0.15) is 0 Å². The number of carbonyl (C=O) groups excluding carboxylic acids is 3. The average molecular weight is 369 g/mol. The van der Waals surface area contributed by atoms with Gasteiger partial charge in [0.15, 0.2) is 6.61 Å². The topological polar surface area (TPSA) is 84.5 Å². The van der Waals surface area contributed by atoms with E-state index >= 15 is 0 Å². The molecule has 118 valence electrons. The minimum atomic E-state index is -0.496. The van der Waals surface area contributed by atoms with Gasteiger partial charge in [-0.05, 0) is 40.4 Å². The number of amides is 2. The second-order valence-corrected chi connectivity index (χ2v) is 6.09. The van der Waals surface area contributed by atoms with Crippen molar-refractivity contribution < 1.29 is 19.1 Å². The van der Waals surface area contributed by atoms with Gasteiger partial charge in [-0.3, -0.25) is 14.4 Å². The first-order valence-corrected chi connectivity index (χ1v) is 7.74. The summed E-state index contributed by atoms with van der Waals surface area (Å²) in [7, 11) is 0. The van der Waals surface area contributed by atoms with Gasteiger partial charge >= 0.3 is 5.97 Å². The predicted octanol–water partition coefficient (Wildman–Crippen LogP) is 1.70. The molecular weight excluding hydrogens is 352 g/mol. The highest BCUT2D eigenvalue weighted by molar-refractivity contribution is 9.10. The van der Waals surface area contributed by atoms with E-state index in [9.17, 15) is 14.4 Å². The summed E-state index contributed by atoms with van der Waals surface area (Å²) in [4.78, 5) is 34.7. The zero-order valence-corrected chi connectivity index (χ0v) is 13.7. The lowest BCUT2D eigenvalue weighted by atomic mass is 10.3. The maximum atomic E-state index is 11.7. The van der Waals surface area contributed by atoms with E-state index in [1.165, 1.54) is 0 Å². The Hall–Kier alpha value is -1.89. The normalized spacial score (nSPS) is 19.2. The number of hydrogen-bond donors (Lipinski definition) is 2. The summed E-state index contributed by atoms with van der Waals surface area (Å²) in [5, 5.41) is 5.06. The van der Waals surface area contributed by atoms with Crippen molar-refractivity contribution >= 4 is 39.4 Å². The molecule has 1 aromatic rings. The molecule has 2 atom stereocenters. The van der Waals surface area contributed by atoms with Gasteiger partial charge in [0, 0.05) is 4.47 Å². The van der Waals surface area contributed by atoms with E-state index in [2.05, 4.69) is 26.6 Å². The minimum absolute atomic E-state index is 0.0773. The van der Waals surface area contributed by atoms with Crippen LogP contribution in [-0.4, -0.2) is 30.9 Å². The zero-order chi connectivity index (χ0) is 16.1. The zero-order valence-electron chi connectivity index (χ0n) is 12.1. The summed E-state index contributed by atoms with van der Waals surface area (Å²) in [5.41, 5.74) is 0.621. The summed E-state index contributed by atoms with van der Waals surface area (Å²) in [6.45, 7) is 1.42. The SMILES string of the molecule is C[C@H]1C[C@@H]1C(=O)OCC(=O)NCC(=O)Nc1ccccc1Br. The molecule has 0 bridgehead atoms. The van der Waals surface area contributed by atoms with Gasteiger partial charge in [-0.1, -0.05) is 19.1 Å². The molecule has 0 heterocycles. The van der Waals surface area contributed by atoms with E-state index in [4.69, 9.17) is 4.74 Å². The van der Waals surface area contributed by atoms with Gasteiger partial charge in [0.05, 0.1) is 18.2 Å². The van der Waals surface area contributed by atoms with Crippen molar-refractivity contribution in [2.45, 2.75) is 13.3 Å². The fraction of sp³-hybridized carbons (Fsp3) is 0.400. The third-order valence-corrected chi connectivity index (χ3v) is 4.04. The Morgan fingerprint density at radius 3 is 2.59 bits per heavy atom. The van der Waals surface area contributed by atoms with Gasteiger partial charge in [0.25, 0.3) is 5.91 Å². The molecule has 6 nitrogen and oxygen atoms in total. The maximum Gasteiger partial charge on any atom is 0.309 e. The van der Waals surface area contributed by atoms with Crippen LogP contribution in [0, 0.1) is 11.8 Å². The summed E-state index contributed by atoms with van der Waals surface area (Å²) < 4.78 is 5.63. The molecule has 0 saturated heterocycles. The lowest BCUT2D eigenvalue weighted by Crippen LogP contribution is -2.35. The molecule has 0 spiro atoms.